The Morgan fingerprint density at radius 1 is 1.10 bits per heavy atom. The molecule has 1 spiro atoms. The monoisotopic (exact) mass is 392 g/mol. The van der Waals surface area contributed by atoms with Crippen LogP contribution in [-0.4, -0.2) is 57.8 Å². The maximum atomic E-state index is 13.3. The van der Waals surface area contributed by atoms with E-state index in [4.69, 9.17) is 0 Å². The maximum Gasteiger partial charge on any atom is 0.274 e. The molecule has 2 aliphatic rings. The van der Waals surface area contributed by atoms with Crippen molar-refractivity contribution in [3.63, 3.8) is 0 Å². The van der Waals surface area contributed by atoms with Crippen LogP contribution in [0.25, 0.3) is 0 Å². The highest BCUT2D eigenvalue weighted by Crippen LogP contribution is 2.40. The van der Waals surface area contributed by atoms with E-state index in [1.807, 2.05) is 17.9 Å². The quantitative estimate of drug-likeness (QED) is 0.785. The lowest BCUT2D eigenvalue weighted by Crippen LogP contribution is -2.50. The van der Waals surface area contributed by atoms with E-state index in [9.17, 15) is 9.59 Å². The fraction of sp³-hybridized carbons (Fsp3) is 0.478. The van der Waals surface area contributed by atoms with Crippen LogP contribution in [0.2, 0.25) is 0 Å². The molecule has 6 nitrogen and oxygen atoms in total. The summed E-state index contributed by atoms with van der Waals surface area (Å²) in [6.45, 7) is 4.56. The van der Waals surface area contributed by atoms with Crippen LogP contribution in [0.4, 0.5) is 0 Å². The van der Waals surface area contributed by atoms with Gasteiger partial charge in [-0.3, -0.25) is 14.6 Å². The Hall–Kier alpha value is -2.76. The lowest BCUT2D eigenvalue weighted by molar-refractivity contribution is -0.145. The van der Waals surface area contributed by atoms with Crippen molar-refractivity contribution in [1.29, 1.82) is 0 Å². The minimum atomic E-state index is -0.418. The molecule has 0 saturated carbocycles. The van der Waals surface area contributed by atoms with Gasteiger partial charge in [-0.15, -0.1) is 0 Å². The van der Waals surface area contributed by atoms with Crippen molar-refractivity contribution in [2.75, 3.05) is 26.2 Å². The molecule has 1 aromatic carbocycles. The van der Waals surface area contributed by atoms with Gasteiger partial charge in [0, 0.05) is 32.4 Å². The SMILES string of the molecule is Cc1cnc(C(=O)N2CCC3(CCCN(CCCc4ccccc4)C3=O)C2)cn1. The molecule has 29 heavy (non-hydrogen) atoms. The van der Waals surface area contributed by atoms with Crippen LogP contribution in [0.1, 0.15) is 47.4 Å². The first-order valence-corrected chi connectivity index (χ1v) is 10.5. The highest BCUT2D eigenvalue weighted by atomic mass is 16.2. The molecule has 0 aliphatic carbocycles. The lowest BCUT2D eigenvalue weighted by Gasteiger charge is -2.39. The second kappa shape index (κ2) is 8.31. The minimum absolute atomic E-state index is 0.122. The number of carbonyl (C=O) groups is 2. The van der Waals surface area contributed by atoms with E-state index in [1.54, 1.807) is 11.1 Å². The van der Waals surface area contributed by atoms with Crippen LogP contribution in [0.5, 0.6) is 0 Å². The van der Waals surface area contributed by atoms with Crippen molar-refractivity contribution < 1.29 is 9.59 Å². The average molecular weight is 393 g/mol. The Labute approximate surface area is 172 Å². The van der Waals surface area contributed by atoms with Crippen molar-refractivity contribution in [2.45, 2.75) is 39.0 Å². The van der Waals surface area contributed by atoms with E-state index < -0.39 is 5.41 Å². The Kier molecular flexibility index (Phi) is 5.60. The van der Waals surface area contributed by atoms with Gasteiger partial charge in [0.05, 0.1) is 17.3 Å². The molecule has 2 fully saturated rings. The van der Waals surface area contributed by atoms with Gasteiger partial charge in [0.15, 0.2) is 0 Å². The summed E-state index contributed by atoms with van der Waals surface area (Å²) < 4.78 is 0. The maximum absolute atomic E-state index is 13.3. The van der Waals surface area contributed by atoms with Gasteiger partial charge in [0.1, 0.15) is 5.69 Å². The van der Waals surface area contributed by atoms with Crippen LogP contribution >= 0.6 is 0 Å². The average Bonchev–Trinajstić information content (AvgIpc) is 3.17. The number of hydrogen-bond acceptors (Lipinski definition) is 4. The van der Waals surface area contributed by atoms with Gasteiger partial charge >= 0.3 is 0 Å². The van der Waals surface area contributed by atoms with Crippen molar-refractivity contribution in [3.05, 3.63) is 59.7 Å². The number of piperidine rings is 1. The number of benzene rings is 1. The third kappa shape index (κ3) is 4.16. The summed E-state index contributed by atoms with van der Waals surface area (Å²) in [6.07, 6.45) is 7.70. The second-order valence-electron chi connectivity index (χ2n) is 8.28. The zero-order valence-corrected chi connectivity index (χ0v) is 17.0. The Bertz CT molecular complexity index is 868. The van der Waals surface area contributed by atoms with Crippen molar-refractivity contribution in [2.24, 2.45) is 5.41 Å². The molecule has 152 valence electrons. The number of aryl methyl sites for hydroxylation is 2. The molecule has 1 unspecified atom stereocenters. The number of carbonyl (C=O) groups excluding carboxylic acids is 2. The van der Waals surface area contributed by atoms with Crippen molar-refractivity contribution in [1.82, 2.24) is 19.8 Å². The summed E-state index contributed by atoms with van der Waals surface area (Å²) in [5, 5.41) is 0. The molecule has 0 radical (unpaired) electrons. The minimum Gasteiger partial charge on any atom is -0.342 e. The lowest BCUT2D eigenvalue weighted by atomic mass is 9.78. The van der Waals surface area contributed by atoms with E-state index >= 15 is 0 Å². The van der Waals surface area contributed by atoms with Gasteiger partial charge < -0.3 is 9.80 Å². The Morgan fingerprint density at radius 2 is 1.93 bits per heavy atom. The largest absolute Gasteiger partial charge is 0.342 e. The van der Waals surface area contributed by atoms with Gasteiger partial charge in [0.2, 0.25) is 5.91 Å². The van der Waals surface area contributed by atoms with Gasteiger partial charge in [-0.05, 0) is 44.6 Å². The van der Waals surface area contributed by atoms with E-state index in [1.165, 1.54) is 11.8 Å². The molecule has 0 bridgehead atoms. The summed E-state index contributed by atoms with van der Waals surface area (Å²) in [5.41, 5.74) is 2.03. The van der Waals surface area contributed by atoms with Gasteiger partial charge in [-0.2, -0.15) is 0 Å². The summed E-state index contributed by atoms with van der Waals surface area (Å²) in [7, 11) is 0. The fourth-order valence-corrected chi connectivity index (χ4v) is 4.57. The molecule has 1 aromatic heterocycles. The molecule has 2 aliphatic heterocycles. The highest BCUT2D eigenvalue weighted by molar-refractivity contribution is 5.93. The third-order valence-electron chi connectivity index (χ3n) is 6.20. The van der Waals surface area contributed by atoms with Crippen LogP contribution in [0.15, 0.2) is 42.7 Å². The number of rotatable bonds is 5. The van der Waals surface area contributed by atoms with E-state index in [0.717, 1.165) is 50.9 Å². The van der Waals surface area contributed by atoms with Gasteiger partial charge in [0.25, 0.3) is 5.91 Å². The summed E-state index contributed by atoms with van der Waals surface area (Å²) in [6, 6.07) is 10.4. The molecule has 2 aromatic rings. The molecular formula is C23H28N4O2. The molecule has 3 heterocycles. The first-order chi connectivity index (χ1) is 14.1. The molecule has 2 saturated heterocycles. The number of aromatic nitrogens is 2. The predicted octanol–water partition coefficient (Wildman–Crippen LogP) is 2.87. The fourth-order valence-electron chi connectivity index (χ4n) is 4.57. The normalized spacial score (nSPS) is 21.8. The topological polar surface area (TPSA) is 66.4 Å². The molecule has 4 rings (SSSR count). The van der Waals surface area contributed by atoms with E-state index in [2.05, 4.69) is 34.2 Å². The molecule has 2 amide bonds. The zero-order chi connectivity index (χ0) is 20.3. The number of nitrogens with zero attached hydrogens (tertiary/aromatic N) is 4. The third-order valence-corrected chi connectivity index (χ3v) is 6.20. The summed E-state index contributed by atoms with van der Waals surface area (Å²) in [4.78, 5) is 38.3. The molecule has 1 atom stereocenters. The number of hydrogen-bond donors (Lipinski definition) is 0. The van der Waals surface area contributed by atoms with Crippen LogP contribution in [0, 0.1) is 12.3 Å². The first kappa shape index (κ1) is 19.6. The Balaban J connectivity index is 1.37. The number of likely N-dealkylation sites (tertiary alicyclic amines) is 2. The molecule has 6 heteroatoms. The smallest absolute Gasteiger partial charge is 0.274 e. The summed E-state index contributed by atoms with van der Waals surface area (Å²) in [5.74, 6) is 0.102. The van der Waals surface area contributed by atoms with E-state index in [0.29, 0.717) is 18.8 Å². The van der Waals surface area contributed by atoms with Gasteiger partial charge in [-0.25, -0.2) is 4.98 Å². The van der Waals surface area contributed by atoms with Crippen LogP contribution < -0.4 is 0 Å². The van der Waals surface area contributed by atoms with Crippen molar-refractivity contribution >= 4 is 11.8 Å². The van der Waals surface area contributed by atoms with Crippen molar-refractivity contribution in [3.8, 4) is 0 Å². The molecular weight excluding hydrogens is 364 g/mol. The molecule has 0 N–H and O–H groups in total. The Morgan fingerprint density at radius 3 is 2.69 bits per heavy atom. The van der Waals surface area contributed by atoms with Crippen LogP contribution in [0.3, 0.4) is 0 Å². The first-order valence-electron chi connectivity index (χ1n) is 10.5. The summed E-state index contributed by atoms with van der Waals surface area (Å²) >= 11 is 0. The van der Waals surface area contributed by atoms with E-state index in [-0.39, 0.29) is 11.8 Å². The second-order valence-corrected chi connectivity index (χ2v) is 8.28. The number of amides is 2. The van der Waals surface area contributed by atoms with Crippen LogP contribution in [-0.2, 0) is 11.2 Å². The van der Waals surface area contributed by atoms with Gasteiger partial charge in [-0.1, -0.05) is 30.3 Å². The standard InChI is InChI=1S/C23H28N4O2/c1-18-15-25-20(16-24-18)21(28)27-14-11-23(17-27)10-6-13-26(22(23)29)12-5-9-19-7-3-2-4-8-19/h2-4,7-8,15-16H,5-6,9-14,17H2,1H3. The predicted molar refractivity (Wildman–Crippen MR) is 110 cm³/mol. The highest BCUT2D eigenvalue weighted by Gasteiger charge is 2.49. The zero-order valence-electron chi connectivity index (χ0n) is 17.0.